The largest absolute Gasteiger partial charge is 0.447 e. The summed E-state index contributed by atoms with van der Waals surface area (Å²) in [4.78, 5) is 35.0. The lowest BCUT2D eigenvalue weighted by atomic mass is 9.97. The number of hydrogen-bond donors (Lipinski definition) is 1. The Kier molecular flexibility index (Phi) is 6.89. The van der Waals surface area contributed by atoms with Crippen molar-refractivity contribution in [1.82, 2.24) is 19.4 Å². The third-order valence-electron chi connectivity index (χ3n) is 7.33. The Morgan fingerprint density at radius 1 is 1.22 bits per heavy atom. The number of nitrogens with zero attached hydrogens (tertiary/aromatic N) is 4. The van der Waals surface area contributed by atoms with Crippen molar-refractivity contribution < 1.29 is 27.1 Å². The molecule has 214 valence electrons. The molecule has 2 saturated heterocycles. The van der Waals surface area contributed by atoms with E-state index in [1.165, 1.54) is 16.7 Å². The Bertz CT molecular complexity index is 1740. The predicted molar refractivity (Wildman–Crippen MR) is 146 cm³/mol. The number of thiazole rings is 1. The molecule has 0 aliphatic carbocycles. The third kappa shape index (κ3) is 5.23. The molecule has 2 atom stereocenters. The van der Waals surface area contributed by atoms with E-state index in [2.05, 4.69) is 15.3 Å². The number of anilines is 1. The number of halogens is 5. The van der Waals surface area contributed by atoms with Crippen LogP contribution in [0, 0.1) is 12.7 Å². The number of carbonyl (C=O) groups excluding carboxylic acids is 1. The minimum Gasteiger partial charge on any atom is -0.447 e. The summed E-state index contributed by atoms with van der Waals surface area (Å²) in [6.07, 6.45) is -2.98. The zero-order chi connectivity index (χ0) is 29.1. The van der Waals surface area contributed by atoms with E-state index in [1.54, 1.807) is 30.0 Å². The van der Waals surface area contributed by atoms with Gasteiger partial charge in [0.1, 0.15) is 28.1 Å². The highest BCUT2D eigenvalue weighted by Crippen LogP contribution is 2.40. The molecule has 1 amide bonds. The van der Waals surface area contributed by atoms with E-state index >= 15 is 0 Å². The van der Waals surface area contributed by atoms with Gasteiger partial charge in [0.2, 0.25) is 0 Å². The van der Waals surface area contributed by atoms with E-state index in [-0.39, 0.29) is 46.7 Å². The van der Waals surface area contributed by atoms with Gasteiger partial charge in [0, 0.05) is 23.8 Å². The molecule has 2 aromatic carbocycles. The molecule has 1 N–H and O–H groups in total. The van der Waals surface area contributed by atoms with Gasteiger partial charge in [-0.15, -0.1) is 11.3 Å². The lowest BCUT2D eigenvalue weighted by Crippen LogP contribution is -2.45. The molecule has 2 aliphatic heterocycles. The standard InChI is InChI=1S/C27H22ClF4N5O3S/c1-13-34-22-8-17(24-33-10-23(41-24)27(30,31)32)21(35-15-4-5-36-16(7-15)12-40-26(36)39)9-18(22)25(38)37(13)11-14-2-3-19(28)20(29)6-14/h2-3,6,8-10,15-16,35H,4-5,7,11-12H2,1H3/t15-,16-/m0/s1. The van der Waals surface area contributed by atoms with Crippen molar-refractivity contribution in [2.45, 2.75) is 44.6 Å². The number of carbonyl (C=O) groups is 1. The number of alkyl halides is 3. The molecule has 6 rings (SSSR count). The minimum absolute atomic E-state index is 0.0343. The van der Waals surface area contributed by atoms with Crippen LogP contribution in [-0.4, -0.2) is 50.8 Å². The molecule has 0 bridgehead atoms. The van der Waals surface area contributed by atoms with Crippen LogP contribution in [0.1, 0.15) is 29.1 Å². The first-order chi connectivity index (χ1) is 19.5. The van der Waals surface area contributed by atoms with Crippen LogP contribution in [0.5, 0.6) is 0 Å². The fraction of sp³-hybridized carbons (Fsp3) is 0.333. The van der Waals surface area contributed by atoms with Crippen LogP contribution in [0.25, 0.3) is 21.5 Å². The monoisotopic (exact) mass is 607 g/mol. The number of hydrogen-bond acceptors (Lipinski definition) is 7. The maximum atomic E-state index is 14.0. The number of aromatic nitrogens is 3. The molecule has 2 aromatic heterocycles. The first-order valence-electron chi connectivity index (χ1n) is 12.7. The van der Waals surface area contributed by atoms with Gasteiger partial charge in [-0.05, 0) is 49.6 Å². The molecule has 2 fully saturated rings. The summed E-state index contributed by atoms with van der Waals surface area (Å²) in [5, 5.41) is 3.72. The topological polar surface area (TPSA) is 89.4 Å². The number of cyclic esters (lactones) is 1. The molecule has 8 nitrogen and oxygen atoms in total. The second-order valence-corrected chi connectivity index (χ2v) is 11.5. The van der Waals surface area contributed by atoms with E-state index in [9.17, 15) is 27.2 Å². The average molecular weight is 608 g/mol. The second kappa shape index (κ2) is 10.3. The van der Waals surface area contributed by atoms with Gasteiger partial charge in [-0.1, -0.05) is 17.7 Å². The van der Waals surface area contributed by atoms with Crippen molar-refractivity contribution in [3.05, 3.63) is 74.0 Å². The van der Waals surface area contributed by atoms with Crippen LogP contribution >= 0.6 is 22.9 Å². The van der Waals surface area contributed by atoms with Crippen molar-refractivity contribution in [2.75, 3.05) is 18.5 Å². The Labute approximate surface area is 239 Å². The minimum atomic E-state index is -4.55. The smallest absolute Gasteiger partial charge is 0.427 e. The third-order valence-corrected chi connectivity index (χ3v) is 8.72. The summed E-state index contributed by atoms with van der Waals surface area (Å²) >= 11 is 6.30. The van der Waals surface area contributed by atoms with Crippen LogP contribution in [0.4, 0.5) is 28.0 Å². The second-order valence-electron chi connectivity index (χ2n) is 10.0. The molecule has 2 aliphatic rings. The van der Waals surface area contributed by atoms with Crippen molar-refractivity contribution in [2.24, 2.45) is 0 Å². The fourth-order valence-electron chi connectivity index (χ4n) is 5.26. The van der Waals surface area contributed by atoms with Gasteiger partial charge in [0.15, 0.2) is 0 Å². The van der Waals surface area contributed by atoms with Crippen LogP contribution in [0.3, 0.4) is 0 Å². The van der Waals surface area contributed by atoms with Gasteiger partial charge in [-0.25, -0.2) is 19.2 Å². The SMILES string of the molecule is Cc1nc2cc(-c3ncc(C(F)(F)F)s3)c(N[C@H]3CCN4C(=O)OC[C@@H]4C3)cc2c(=O)n1Cc1ccc(Cl)c(F)c1. The normalized spacial score (nSPS) is 19.0. The Hall–Kier alpha value is -3.71. The summed E-state index contributed by atoms with van der Waals surface area (Å²) in [5.41, 5.74) is 1.21. The van der Waals surface area contributed by atoms with Crippen LogP contribution in [0.15, 0.2) is 41.3 Å². The fourth-order valence-corrected chi connectivity index (χ4v) is 6.19. The molecule has 4 heterocycles. The van der Waals surface area contributed by atoms with Crippen molar-refractivity contribution in [3.8, 4) is 10.6 Å². The van der Waals surface area contributed by atoms with Gasteiger partial charge in [-0.3, -0.25) is 9.36 Å². The van der Waals surface area contributed by atoms with Crippen molar-refractivity contribution in [3.63, 3.8) is 0 Å². The first kappa shape index (κ1) is 27.5. The highest BCUT2D eigenvalue weighted by atomic mass is 35.5. The highest BCUT2D eigenvalue weighted by molar-refractivity contribution is 7.15. The first-order valence-corrected chi connectivity index (χ1v) is 13.9. The highest BCUT2D eigenvalue weighted by Gasteiger charge is 2.38. The number of ether oxygens (including phenoxy) is 1. The number of amides is 1. The number of rotatable bonds is 5. The van der Waals surface area contributed by atoms with E-state index in [0.29, 0.717) is 58.9 Å². The molecular weight excluding hydrogens is 586 g/mol. The molecule has 0 unspecified atom stereocenters. The predicted octanol–water partition coefficient (Wildman–Crippen LogP) is 6.08. The van der Waals surface area contributed by atoms with Crippen molar-refractivity contribution >= 4 is 45.6 Å². The zero-order valence-electron chi connectivity index (χ0n) is 21.5. The molecule has 0 spiro atoms. The number of fused-ring (bicyclic) bond motifs is 2. The van der Waals surface area contributed by atoms with Gasteiger partial charge in [0.05, 0.1) is 34.7 Å². The summed E-state index contributed by atoms with van der Waals surface area (Å²) in [7, 11) is 0. The van der Waals surface area contributed by atoms with E-state index in [0.717, 1.165) is 6.20 Å². The Morgan fingerprint density at radius 2 is 2.02 bits per heavy atom. The van der Waals surface area contributed by atoms with E-state index < -0.39 is 22.4 Å². The summed E-state index contributed by atoms with van der Waals surface area (Å²) < 4.78 is 60.8. The van der Waals surface area contributed by atoms with Crippen molar-refractivity contribution in [1.29, 1.82) is 0 Å². The van der Waals surface area contributed by atoms with E-state index in [4.69, 9.17) is 16.3 Å². The lowest BCUT2D eigenvalue weighted by Gasteiger charge is -2.33. The Morgan fingerprint density at radius 3 is 2.76 bits per heavy atom. The van der Waals surface area contributed by atoms with E-state index in [1.807, 2.05) is 0 Å². The Balaban J connectivity index is 1.43. The number of piperidine rings is 1. The summed E-state index contributed by atoms with van der Waals surface area (Å²) in [6, 6.07) is 7.16. The van der Waals surface area contributed by atoms with Crippen LogP contribution < -0.4 is 10.9 Å². The summed E-state index contributed by atoms with van der Waals surface area (Å²) in [6.45, 7) is 2.40. The average Bonchev–Trinajstić information content (AvgIpc) is 3.56. The molecule has 14 heteroatoms. The maximum Gasteiger partial charge on any atom is 0.427 e. The van der Waals surface area contributed by atoms with Crippen LogP contribution in [-0.2, 0) is 17.5 Å². The number of benzene rings is 2. The maximum absolute atomic E-state index is 14.0. The lowest BCUT2D eigenvalue weighted by molar-refractivity contribution is -0.134. The van der Waals surface area contributed by atoms with Crippen LogP contribution in [0.2, 0.25) is 5.02 Å². The molecular formula is C27H22ClF4N5O3S. The number of aryl methyl sites for hydroxylation is 1. The molecule has 0 saturated carbocycles. The van der Waals surface area contributed by atoms with Gasteiger partial charge in [-0.2, -0.15) is 13.2 Å². The van der Waals surface area contributed by atoms with Gasteiger partial charge >= 0.3 is 12.3 Å². The molecule has 41 heavy (non-hydrogen) atoms. The van der Waals surface area contributed by atoms with Gasteiger partial charge in [0.25, 0.3) is 5.56 Å². The number of nitrogens with one attached hydrogen (secondary N) is 1. The summed E-state index contributed by atoms with van der Waals surface area (Å²) in [5.74, 6) is -0.264. The molecule has 4 aromatic rings. The zero-order valence-corrected chi connectivity index (χ0v) is 23.0. The molecule has 0 radical (unpaired) electrons. The van der Waals surface area contributed by atoms with Gasteiger partial charge < -0.3 is 15.0 Å². The quantitative estimate of drug-likeness (QED) is 0.277.